The summed E-state index contributed by atoms with van der Waals surface area (Å²) in [6.45, 7) is 0. The molecule has 3 rings (SSSR count). The number of aromatic carboxylic acids is 1. The molecule has 3 aromatic rings. The quantitative estimate of drug-likeness (QED) is 0.675. The summed E-state index contributed by atoms with van der Waals surface area (Å²) in [5.41, 5.74) is 1.52. The molecule has 0 aliphatic rings. The highest BCUT2D eigenvalue weighted by Gasteiger charge is 2.17. The van der Waals surface area contributed by atoms with Crippen LogP contribution in [0.25, 0.3) is 11.4 Å². The fraction of sp³-hybridized carbons (Fsp3) is 0.125. The highest BCUT2D eigenvalue weighted by atomic mass is 35.5. The molecule has 25 heavy (non-hydrogen) atoms. The number of pyridine rings is 1. The summed E-state index contributed by atoms with van der Waals surface area (Å²) in [5, 5.41) is 16.8. The minimum atomic E-state index is -1.12. The van der Waals surface area contributed by atoms with E-state index in [-0.39, 0.29) is 10.7 Å². The Balaban J connectivity index is 2.07. The van der Waals surface area contributed by atoms with Crippen molar-refractivity contribution in [2.75, 3.05) is 12.4 Å². The molecule has 0 saturated heterocycles. The van der Waals surface area contributed by atoms with Crippen LogP contribution in [-0.4, -0.2) is 37.9 Å². The van der Waals surface area contributed by atoms with Crippen LogP contribution in [0.2, 0.25) is 5.15 Å². The van der Waals surface area contributed by atoms with Gasteiger partial charge in [-0.05, 0) is 18.2 Å². The van der Waals surface area contributed by atoms with E-state index in [4.69, 9.17) is 16.3 Å². The lowest BCUT2D eigenvalue weighted by atomic mass is 10.1. The van der Waals surface area contributed by atoms with Gasteiger partial charge in [0, 0.05) is 13.2 Å². The molecule has 0 aliphatic heterocycles. The van der Waals surface area contributed by atoms with Crippen molar-refractivity contribution in [2.45, 2.75) is 0 Å². The maximum absolute atomic E-state index is 11.4. The maximum atomic E-state index is 11.4. The molecule has 2 heterocycles. The van der Waals surface area contributed by atoms with Crippen molar-refractivity contribution in [3.63, 3.8) is 0 Å². The third-order valence-corrected chi connectivity index (χ3v) is 3.64. The summed E-state index contributed by atoms with van der Waals surface area (Å²) in [4.78, 5) is 19.4. The fourth-order valence-corrected chi connectivity index (χ4v) is 2.50. The number of rotatable bonds is 5. The molecule has 1 aromatic carbocycles. The van der Waals surface area contributed by atoms with Crippen LogP contribution in [0.15, 0.2) is 36.8 Å². The average molecular weight is 360 g/mol. The summed E-state index contributed by atoms with van der Waals surface area (Å²) < 4.78 is 7.08. The number of benzene rings is 1. The zero-order chi connectivity index (χ0) is 18.0. The fourth-order valence-electron chi connectivity index (χ4n) is 2.34. The van der Waals surface area contributed by atoms with Gasteiger partial charge in [0.2, 0.25) is 0 Å². The number of halogens is 1. The molecule has 128 valence electrons. The number of carboxylic acid groups (broad SMARTS) is 1. The zero-order valence-electron chi connectivity index (χ0n) is 13.4. The smallest absolute Gasteiger partial charge is 0.339 e. The van der Waals surface area contributed by atoms with E-state index in [0.29, 0.717) is 28.5 Å². The Hall–Kier alpha value is -3.13. The molecule has 0 atom stereocenters. The predicted octanol–water partition coefficient (Wildman–Crippen LogP) is 2.98. The first-order valence-electron chi connectivity index (χ1n) is 7.18. The highest BCUT2D eigenvalue weighted by molar-refractivity contribution is 6.29. The van der Waals surface area contributed by atoms with Crippen LogP contribution >= 0.6 is 11.6 Å². The first-order chi connectivity index (χ1) is 12.0. The number of aromatic nitrogens is 4. The summed E-state index contributed by atoms with van der Waals surface area (Å²) >= 11 is 5.89. The van der Waals surface area contributed by atoms with Gasteiger partial charge in [0.05, 0.1) is 24.0 Å². The first kappa shape index (κ1) is 16.7. The molecule has 0 spiro atoms. The number of nitrogens with one attached hydrogen (secondary N) is 1. The topological polar surface area (TPSA) is 102 Å². The minimum Gasteiger partial charge on any atom is -0.494 e. The van der Waals surface area contributed by atoms with Crippen molar-refractivity contribution >= 4 is 28.9 Å². The van der Waals surface area contributed by atoms with Crippen molar-refractivity contribution < 1.29 is 14.6 Å². The summed E-state index contributed by atoms with van der Waals surface area (Å²) in [7, 11) is 3.29. The van der Waals surface area contributed by atoms with E-state index < -0.39 is 5.97 Å². The number of aryl methyl sites for hydroxylation is 1. The monoisotopic (exact) mass is 359 g/mol. The van der Waals surface area contributed by atoms with E-state index >= 15 is 0 Å². The Morgan fingerprint density at radius 2 is 2.12 bits per heavy atom. The van der Waals surface area contributed by atoms with E-state index in [0.717, 1.165) is 0 Å². The molecule has 2 N–H and O–H groups in total. The van der Waals surface area contributed by atoms with E-state index in [1.165, 1.54) is 19.4 Å². The van der Waals surface area contributed by atoms with Crippen molar-refractivity contribution in [3.05, 3.63) is 47.5 Å². The van der Waals surface area contributed by atoms with Gasteiger partial charge in [-0.15, -0.1) is 0 Å². The number of ether oxygens (including phenoxy) is 1. The Bertz CT molecular complexity index is 941. The largest absolute Gasteiger partial charge is 0.494 e. The van der Waals surface area contributed by atoms with E-state index in [1.54, 1.807) is 30.2 Å². The van der Waals surface area contributed by atoms with Gasteiger partial charge in [0.25, 0.3) is 0 Å². The summed E-state index contributed by atoms with van der Waals surface area (Å²) in [6, 6.07) is 6.80. The van der Waals surface area contributed by atoms with Crippen molar-refractivity contribution in [1.29, 1.82) is 0 Å². The summed E-state index contributed by atoms with van der Waals surface area (Å²) in [6.07, 6.45) is 2.78. The Kier molecular flexibility index (Phi) is 4.53. The van der Waals surface area contributed by atoms with Crippen LogP contribution in [0.5, 0.6) is 5.75 Å². The van der Waals surface area contributed by atoms with Gasteiger partial charge in [0.1, 0.15) is 17.0 Å². The van der Waals surface area contributed by atoms with E-state index in [9.17, 15) is 9.90 Å². The molecular weight excluding hydrogens is 346 g/mol. The lowest BCUT2D eigenvalue weighted by Gasteiger charge is -2.15. The Morgan fingerprint density at radius 3 is 2.76 bits per heavy atom. The van der Waals surface area contributed by atoms with E-state index in [2.05, 4.69) is 20.4 Å². The van der Waals surface area contributed by atoms with Crippen LogP contribution in [0.4, 0.5) is 11.4 Å². The van der Waals surface area contributed by atoms with E-state index in [1.807, 2.05) is 6.07 Å². The van der Waals surface area contributed by atoms with Crippen molar-refractivity contribution in [1.82, 2.24) is 19.7 Å². The van der Waals surface area contributed by atoms with Gasteiger partial charge in [0.15, 0.2) is 11.6 Å². The van der Waals surface area contributed by atoms with Crippen LogP contribution < -0.4 is 10.1 Å². The van der Waals surface area contributed by atoms with Gasteiger partial charge < -0.3 is 15.2 Å². The van der Waals surface area contributed by atoms with Gasteiger partial charge in [-0.2, -0.15) is 5.10 Å². The molecule has 0 saturated carbocycles. The molecular formula is C16H14ClN5O3. The number of hydrogen-bond acceptors (Lipinski definition) is 6. The Labute approximate surface area is 148 Å². The average Bonchev–Trinajstić information content (AvgIpc) is 3.00. The molecule has 0 radical (unpaired) electrons. The van der Waals surface area contributed by atoms with Crippen LogP contribution in [0, 0.1) is 0 Å². The predicted molar refractivity (Wildman–Crippen MR) is 92.5 cm³/mol. The molecule has 0 aliphatic carbocycles. The van der Waals surface area contributed by atoms with Gasteiger partial charge in [-0.3, -0.25) is 4.68 Å². The molecule has 9 heteroatoms. The van der Waals surface area contributed by atoms with Crippen LogP contribution in [0.3, 0.4) is 0 Å². The number of methoxy groups -OCH3 is 1. The number of para-hydroxylation sites is 1. The minimum absolute atomic E-state index is 0.00665. The maximum Gasteiger partial charge on any atom is 0.339 e. The lowest BCUT2D eigenvalue weighted by molar-refractivity contribution is 0.0697. The first-order valence-corrected chi connectivity index (χ1v) is 7.56. The number of carboxylic acids is 1. The number of anilines is 2. The van der Waals surface area contributed by atoms with Crippen molar-refractivity contribution in [2.24, 2.45) is 7.05 Å². The number of carbonyl (C=O) groups is 1. The Morgan fingerprint density at radius 1 is 1.32 bits per heavy atom. The van der Waals surface area contributed by atoms with Crippen LogP contribution in [0.1, 0.15) is 10.4 Å². The lowest BCUT2D eigenvalue weighted by Crippen LogP contribution is -2.05. The second kappa shape index (κ2) is 6.78. The molecule has 2 aromatic heterocycles. The molecule has 8 nitrogen and oxygen atoms in total. The third-order valence-electron chi connectivity index (χ3n) is 3.43. The molecule has 0 unspecified atom stereocenters. The normalized spacial score (nSPS) is 10.5. The second-order valence-electron chi connectivity index (χ2n) is 5.11. The standard InChI is InChI=1S/C16H14ClN5O3/c1-22-8-19-15(21-22)9-4-3-5-11(14(9)25-2)20-12-6-13(17)18-7-10(12)16(23)24/h3-8H,1-2H3,(H,18,20)(H,23,24). The second-order valence-corrected chi connectivity index (χ2v) is 5.50. The zero-order valence-corrected chi connectivity index (χ0v) is 14.2. The van der Waals surface area contributed by atoms with Crippen LogP contribution in [-0.2, 0) is 7.05 Å². The van der Waals surface area contributed by atoms with Gasteiger partial charge in [-0.1, -0.05) is 17.7 Å². The van der Waals surface area contributed by atoms with Gasteiger partial charge in [-0.25, -0.2) is 14.8 Å². The third kappa shape index (κ3) is 3.38. The number of hydrogen-bond donors (Lipinski definition) is 2. The molecule has 0 bridgehead atoms. The van der Waals surface area contributed by atoms with Gasteiger partial charge >= 0.3 is 5.97 Å². The molecule has 0 amide bonds. The SMILES string of the molecule is COc1c(Nc2cc(Cl)ncc2C(=O)O)cccc1-c1ncn(C)n1. The summed E-state index contributed by atoms with van der Waals surface area (Å²) in [5.74, 6) is -0.139. The number of nitrogens with zero attached hydrogens (tertiary/aromatic N) is 4. The molecule has 0 fully saturated rings. The highest BCUT2D eigenvalue weighted by Crippen LogP contribution is 2.37. The van der Waals surface area contributed by atoms with Crippen molar-refractivity contribution in [3.8, 4) is 17.1 Å².